The van der Waals surface area contributed by atoms with E-state index in [0.717, 1.165) is 0 Å². The number of rotatable bonds is 4. The molecule has 5 nitrogen and oxygen atoms in total. The van der Waals surface area contributed by atoms with Crippen LogP contribution in [0.15, 0.2) is 42.5 Å². The minimum atomic E-state index is -0.523. The van der Waals surface area contributed by atoms with E-state index in [2.05, 4.69) is 5.32 Å². The van der Waals surface area contributed by atoms with E-state index in [0.29, 0.717) is 21.3 Å². The number of benzene rings is 2. The van der Waals surface area contributed by atoms with Crippen molar-refractivity contribution in [2.75, 3.05) is 5.32 Å². The molecule has 0 spiro atoms. The van der Waals surface area contributed by atoms with E-state index in [1.165, 1.54) is 12.1 Å². The van der Waals surface area contributed by atoms with Crippen LogP contribution in [0.1, 0.15) is 5.56 Å². The summed E-state index contributed by atoms with van der Waals surface area (Å²) in [5, 5.41) is 14.1. The van der Waals surface area contributed by atoms with Gasteiger partial charge < -0.3 is 5.32 Å². The summed E-state index contributed by atoms with van der Waals surface area (Å²) in [7, 11) is 0. The Morgan fingerprint density at radius 1 is 1.10 bits per heavy atom. The van der Waals surface area contributed by atoms with Crippen LogP contribution in [-0.4, -0.2) is 10.8 Å². The van der Waals surface area contributed by atoms with Crippen molar-refractivity contribution < 1.29 is 9.72 Å². The van der Waals surface area contributed by atoms with Gasteiger partial charge in [0.1, 0.15) is 0 Å². The average Bonchev–Trinajstić information content (AvgIpc) is 2.43. The number of anilines is 1. The first kappa shape index (κ1) is 15.3. The quantitative estimate of drug-likeness (QED) is 0.680. The fourth-order valence-corrected chi connectivity index (χ4v) is 2.30. The van der Waals surface area contributed by atoms with Crippen molar-refractivity contribution in [3.8, 4) is 0 Å². The molecule has 0 atom stereocenters. The summed E-state index contributed by atoms with van der Waals surface area (Å²) in [5.41, 5.74) is 0.519. The van der Waals surface area contributed by atoms with E-state index in [1.807, 2.05) is 0 Å². The average molecular weight is 325 g/mol. The molecule has 0 heterocycles. The Morgan fingerprint density at radius 2 is 1.71 bits per heavy atom. The fourth-order valence-electron chi connectivity index (χ4n) is 1.81. The van der Waals surface area contributed by atoms with Crippen molar-refractivity contribution in [3.05, 3.63) is 68.2 Å². The summed E-state index contributed by atoms with van der Waals surface area (Å²) >= 11 is 11.9. The van der Waals surface area contributed by atoms with Gasteiger partial charge in [0.25, 0.3) is 5.69 Å². The molecule has 2 rings (SSSR count). The summed E-state index contributed by atoms with van der Waals surface area (Å²) in [5.74, 6) is -0.431. The molecule has 0 aliphatic carbocycles. The van der Waals surface area contributed by atoms with Crippen LogP contribution in [0.4, 0.5) is 11.4 Å². The second kappa shape index (κ2) is 6.56. The molecular formula is C14H10Cl2N2O3. The summed E-state index contributed by atoms with van der Waals surface area (Å²) in [6.45, 7) is 0. The minimum Gasteiger partial charge on any atom is -0.323 e. The lowest BCUT2D eigenvalue weighted by molar-refractivity contribution is -0.385. The summed E-state index contributed by atoms with van der Waals surface area (Å²) in [6, 6.07) is 10.9. The van der Waals surface area contributed by atoms with E-state index >= 15 is 0 Å². The van der Waals surface area contributed by atoms with Crippen LogP contribution in [0.3, 0.4) is 0 Å². The maximum absolute atomic E-state index is 12.0. The molecule has 0 aliphatic heterocycles. The first-order chi connectivity index (χ1) is 9.99. The number of halogens is 2. The highest BCUT2D eigenvalue weighted by atomic mass is 35.5. The molecule has 0 unspecified atom stereocenters. The molecule has 0 aromatic heterocycles. The molecule has 0 bridgehead atoms. The lowest BCUT2D eigenvalue weighted by Crippen LogP contribution is -2.15. The summed E-state index contributed by atoms with van der Waals surface area (Å²) in [4.78, 5) is 22.4. The van der Waals surface area contributed by atoms with Gasteiger partial charge >= 0.3 is 0 Å². The maximum atomic E-state index is 12.0. The van der Waals surface area contributed by atoms with Gasteiger partial charge in [-0.15, -0.1) is 0 Å². The number of amides is 1. The van der Waals surface area contributed by atoms with Gasteiger partial charge in [0, 0.05) is 11.6 Å². The topological polar surface area (TPSA) is 72.2 Å². The van der Waals surface area contributed by atoms with Gasteiger partial charge in [-0.3, -0.25) is 14.9 Å². The van der Waals surface area contributed by atoms with Crippen molar-refractivity contribution in [2.24, 2.45) is 0 Å². The van der Waals surface area contributed by atoms with Crippen molar-refractivity contribution in [2.45, 2.75) is 6.42 Å². The number of para-hydroxylation sites is 2. The standard InChI is InChI=1S/C14H10Cl2N2O3/c15-10-5-3-6-11(16)14(10)17-13(19)8-9-4-1-2-7-12(9)18(20)21/h1-7H,8H2,(H,17,19). The Balaban J connectivity index is 2.18. The van der Waals surface area contributed by atoms with Gasteiger partial charge in [0.2, 0.25) is 5.91 Å². The first-order valence-electron chi connectivity index (χ1n) is 5.95. The highest BCUT2D eigenvalue weighted by Gasteiger charge is 2.16. The Hall–Kier alpha value is -2.11. The molecule has 1 amide bonds. The smallest absolute Gasteiger partial charge is 0.273 e. The third-order valence-electron chi connectivity index (χ3n) is 2.77. The van der Waals surface area contributed by atoms with Gasteiger partial charge in [0.05, 0.1) is 27.1 Å². The molecule has 7 heteroatoms. The molecule has 0 saturated carbocycles. The lowest BCUT2D eigenvalue weighted by atomic mass is 10.1. The molecule has 2 aromatic rings. The molecule has 0 saturated heterocycles. The van der Waals surface area contributed by atoms with Gasteiger partial charge in [-0.05, 0) is 12.1 Å². The van der Waals surface area contributed by atoms with Gasteiger partial charge in [-0.1, -0.05) is 47.5 Å². The van der Waals surface area contributed by atoms with Gasteiger partial charge in [-0.2, -0.15) is 0 Å². The van der Waals surface area contributed by atoms with Crippen LogP contribution in [0, 0.1) is 10.1 Å². The van der Waals surface area contributed by atoms with E-state index in [1.54, 1.807) is 30.3 Å². The van der Waals surface area contributed by atoms with Crippen molar-refractivity contribution in [1.29, 1.82) is 0 Å². The summed E-state index contributed by atoms with van der Waals surface area (Å²) in [6.07, 6.45) is -0.140. The van der Waals surface area contributed by atoms with E-state index in [-0.39, 0.29) is 12.1 Å². The second-order valence-electron chi connectivity index (χ2n) is 4.21. The second-order valence-corrected chi connectivity index (χ2v) is 5.02. The predicted molar refractivity (Wildman–Crippen MR) is 81.9 cm³/mol. The normalized spacial score (nSPS) is 10.2. The van der Waals surface area contributed by atoms with Crippen molar-refractivity contribution in [3.63, 3.8) is 0 Å². The fraction of sp³-hybridized carbons (Fsp3) is 0.0714. The molecule has 0 radical (unpaired) electrons. The highest BCUT2D eigenvalue weighted by Crippen LogP contribution is 2.30. The number of nitro benzene ring substituents is 1. The van der Waals surface area contributed by atoms with Crippen LogP contribution < -0.4 is 5.32 Å². The van der Waals surface area contributed by atoms with Crippen LogP contribution >= 0.6 is 23.2 Å². The molecular weight excluding hydrogens is 315 g/mol. The van der Waals surface area contributed by atoms with Crippen molar-refractivity contribution in [1.82, 2.24) is 0 Å². The molecule has 21 heavy (non-hydrogen) atoms. The Morgan fingerprint density at radius 3 is 2.33 bits per heavy atom. The molecule has 2 aromatic carbocycles. The Kier molecular flexibility index (Phi) is 4.77. The highest BCUT2D eigenvalue weighted by molar-refractivity contribution is 6.39. The molecule has 1 N–H and O–H groups in total. The number of nitrogens with one attached hydrogen (secondary N) is 1. The van der Waals surface area contributed by atoms with Crippen LogP contribution in [0.5, 0.6) is 0 Å². The zero-order chi connectivity index (χ0) is 15.4. The number of nitrogens with zero attached hydrogens (tertiary/aromatic N) is 1. The van der Waals surface area contributed by atoms with Crippen LogP contribution in [0.2, 0.25) is 10.0 Å². The third kappa shape index (κ3) is 3.71. The first-order valence-corrected chi connectivity index (χ1v) is 6.71. The SMILES string of the molecule is O=C(Cc1ccccc1[N+](=O)[O-])Nc1c(Cl)cccc1Cl. The van der Waals surface area contributed by atoms with Crippen LogP contribution in [0.25, 0.3) is 0 Å². The van der Waals surface area contributed by atoms with Crippen LogP contribution in [-0.2, 0) is 11.2 Å². The van der Waals surface area contributed by atoms with E-state index < -0.39 is 10.8 Å². The number of hydrogen-bond donors (Lipinski definition) is 1. The Bertz CT molecular complexity index is 684. The molecule has 0 aliphatic rings. The van der Waals surface area contributed by atoms with Crippen molar-refractivity contribution >= 4 is 40.5 Å². The molecule has 108 valence electrons. The van der Waals surface area contributed by atoms with E-state index in [4.69, 9.17) is 23.2 Å². The third-order valence-corrected chi connectivity index (χ3v) is 3.40. The zero-order valence-corrected chi connectivity index (χ0v) is 12.2. The monoisotopic (exact) mass is 324 g/mol. The maximum Gasteiger partial charge on any atom is 0.273 e. The zero-order valence-electron chi connectivity index (χ0n) is 10.7. The number of carbonyl (C=O) groups excluding carboxylic acids is 1. The molecule has 0 fully saturated rings. The lowest BCUT2D eigenvalue weighted by Gasteiger charge is -2.09. The number of nitro groups is 1. The van der Waals surface area contributed by atoms with Gasteiger partial charge in [0.15, 0.2) is 0 Å². The number of hydrogen-bond acceptors (Lipinski definition) is 3. The minimum absolute atomic E-state index is 0.0992. The largest absolute Gasteiger partial charge is 0.323 e. The van der Waals surface area contributed by atoms with E-state index in [9.17, 15) is 14.9 Å². The van der Waals surface area contributed by atoms with Gasteiger partial charge in [-0.25, -0.2) is 0 Å². The summed E-state index contributed by atoms with van der Waals surface area (Å²) < 4.78 is 0. The Labute approximate surface area is 130 Å². The number of carbonyl (C=O) groups is 1. The predicted octanol–water partition coefficient (Wildman–Crippen LogP) is 4.08.